The molecule has 0 atom stereocenters. The number of aromatic amines is 1. The topological polar surface area (TPSA) is 49.9 Å². The van der Waals surface area contributed by atoms with E-state index in [2.05, 4.69) is 4.98 Å². The van der Waals surface area contributed by atoms with Crippen molar-refractivity contribution in [2.75, 3.05) is 0 Å². The monoisotopic (exact) mass is 305 g/mol. The number of rotatable bonds is 2. The number of hydrogen-bond donors (Lipinski definition) is 1. The number of pyridine rings is 1. The minimum absolute atomic E-state index is 0.00427. The molecule has 0 aliphatic carbocycles. The van der Waals surface area contributed by atoms with E-state index in [0.29, 0.717) is 21.9 Å². The lowest BCUT2D eigenvalue weighted by Gasteiger charge is -2.10. The Hall–Kier alpha value is -2.68. The Morgan fingerprint density at radius 1 is 0.957 bits per heavy atom. The molecule has 23 heavy (non-hydrogen) atoms. The van der Waals surface area contributed by atoms with Crippen LogP contribution in [-0.2, 0) is 0 Å². The van der Waals surface area contributed by atoms with Crippen molar-refractivity contribution in [1.29, 1.82) is 0 Å². The molecule has 0 saturated heterocycles. The Kier molecular flexibility index (Phi) is 3.64. The molecule has 3 rings (SSSR count). The third-order valence-corrected chi connectivity index (χ3v) is 4.39. The Morgan fingerprint density at radius 3 is 2.35 bits per heavy atom. The third-order valence-electron chi connectivity index (χ3n) is 4.39. The van der Waals surface area contributed by atoms with E-state index < -0.39 is 0 Å². The molecular formula is C20H19NO2. The number of ketones is 1. The van der Waals surface area contributed by atoms with Gasteiger partial charge in [-0.1, -0.05) is 17.7 Å². The van der Waals surface area contributed by atoms with Crippen molar-refractivity contribution < 1.29 is 4.79 Å². The average Bonchev–Trinajstić information content (AvgIpc) is 2.54. The Bertz CT molecular complexity index is 1030. The molecule has 1 N–H and O–H groups in total. The summed E-state index contributed by atoms with van der Waals surface area (Å²) in [6, 6.07) is 11.0. The van der Waals surface area contributed by atoms with E-state index in [1.807, 2.05) is 58.0 Å². The smallest absolute Gasteiger partial charge is 0.197 e. The minimum atomic E-state index is -0.00427. The highest BCUT2D eigenvalue weighted by atomic mass is 16.1. The van der Waals surface area contributed by atoms with Crippen LogP contribution < -0.4 is 5.43 Å². The van der Waals surface area contributed by atoms with Gasteiger partial charge in [-0.3, -0.25) is 9.59 Å². The molecular weight excluding hydrogens is 286 g/mol. The molecule has 0 aliphatic rings. The number of nitrogens with one attached hydrogen (secondary N) is 1. The summed E-state index contributed by atoms with van der Waals surface area (Å²) in [5, 5.41) is 1.28. The molecule has 0 radical (unpaired) electrons. The number of fused-ring (bicyclic) bond motifs is 2. The number of aryl methyl sites for hydroxylation is 1. The average molecular weight is 305 g/mol. The van der Waals surface area contributed by atoms with Crippen molar-refractivity contribution in [2.24, 2.45) is 0 Å². The van der Waals surface area contributed by atoms with Gasteiger partial charge in [-0.2, -0.15) is 0 Å². The number of H-pyrrole nitrogens is 1. The van der Waals surface area contributed by atoms with E-state index in [4.69, 9.17) is 0 Å². The van der Waals surface area contributed by atoms with Gasteiger partial charge in [0.05, 0.1) is 5.52 Å². The third kappa shape index (κ3) is 2.48. The van der Waals surface area contributed by atoms with Crippen molar-refractivity contribution in [3.05, 3.63) is 68.9 Å². The molecule has 3 nitrogen and oxygen atoms in total. The van der Waals surface area contributed by atoms with Crippen LogP contribution in [0.25, 0.3) is 21.8 Å². The standard InChI is InChI=1S/C20H19NO2/c1-11(2)13(4)19(22)15-10-18-16(9-12(15)3)20(23)14-7-5-6-8-17(14)21-18/h5-10H,1-4H3,(H,21,23). The maximum Gasteiger partial charge on any atom is 0.197 e. The first kappa shape index (κ1) is 15.2. The van der Waals surface area contributed by atoms with Crippen LogP contribution in [0.3, 0.4) is 0 Å². The Labute approximate surface area is 134 Å². The van der Waals surface area contributed by atoms with Gasteiger partial charge in [-0.25, -0.2) is 0 Å². The maximum absolute atomic E-state index is 12.6. The number of para-hydroxylation sites is 1. The molecule has 0 amide bonds. The van der Waals surface area contributed by atoms with Crippen molar-refractivity contribution >= 4 is 27.6 Å². The highest BCUT2D eigenvalue weighted by molar-refractivity contribution is 6.11. The summed E-state index contributed by atoms with van der Waals surface area (Å²) in [5.41, 5.74) is 4.69. The first-order valence-electron chi connectivity index (χ1n) is 7.64. The summed E-state index contributed by atoms with van der Waals surface area (Å²) >= 11 is 0. The maximum atomic E-state index is 12.6. The molecule has 0 unspecified atom stereocenters. The minimum Gasteiger partial charge on any atom is -0.354 e. The number of hydrogen-bond acceptors (Lipinski definition) is 2. The van der Waals surface area contributed by atoms with E-state index in [-0.39, 0.29) is 11.2 Å². The Balaban J connectivity index is 2.34. The number of carbonyl (C=O) groups excluding carboxylic acids is 1. The molecule has 0 bridgehead atoms. The molecule has 0 fully saturated rings. The molecule has 1 aromatic heterocycles. The fraction of sp³-hybridized carbons (Fsp3) is 0.200. The molecule has 0 saturated carbocycles. The number of allylic oxidation sites excluding steroid dienone is 2. The fourth-order valence-electron chi connectivity index (χ4n) is 2.75. The second-order valence-electron chi connectivity index (χ2n) is 6.17. The van der Waals surface area contributed by atoms with Gasteiger partial charge in [0.1, 0.15) is 0 Å². The first-order valence-corrected chi connectivity index (χ1v) is 7.64. The Morgan fingerprint density at radius 2 is 1.65 bits per heavy atom. The van der Waals surface area contributed by atoms with Gasteiger partial charge in [0.15, 0.2) is 11.2 Å². The summed E-state index contributed by atoms with van der Waals surface area (Å²) in [6.45, 7) is 7.57. The van der Waals surface area contributed by atoms with Crippen LogP contribution in [0.4, 0.5) is 0 Å². The SMILES string of the molecule is CC(C)=C(C)C(=O)c1cc2[nH]c3ccccc3c(=O)c2cc1C. The lowest BCUT2D eigenvalue weighted by molar-refractivity contribution is 0.103. The quantitative estimate of drug-likeness (QED) is 0.429. The van der Waals surface area contributed by atoms with Gasteiger partial charge < -0.3 is 4.98 Å². The van der Waals surface area contributed by atoms with Gasteiger partial charge >= 0.3 is 0 Å². The second-order valence-corrected chi connectivity index (χ2v) is 6.17. The molecule has 0 aliphatic heterocycles. The van der Waals surface area contributed by atoms with Gasteiger partial charge in [-0.15, -0.1) is 0 Å². The van der Waals surface area contributed by atoms with Crippen LogP contribution in [-0.4, -0.2) is 10.8 Å². The van der Waals surface area contributed by atoms with E-state index in [9.17, 15) is 9.59 Å². The largest absolute Gasteiger partial charge is 0.354 e. The van der Waals surface area contributed by atoms with E-state index in [1.54, 1.807) is 6.07 Å². The van der Waals surface area contributed by atoms with Crippen LogP contribution in [0.5, 0.6) is 0 Å². The summed E-state index contributed by atoms with van der Waals surface area (Å²) in [7, 11) is 0. The normalized spacial score (nSPS) is 11.0. The van der Waals surface area contributed by atoms with Crippen LogP contribution in [0, 0.1) is 6.92 Å². The summed E-state index contributed by atoms with van der Waals surface area (Å²) in [5.74, 6) is 0.0124. The molecule has 0 spiro atoms. The van der Waals surface area contributed by atoms with Crippen LogP contribution in [0.2, 0.25) is 0 Å². The van der Waals surface area contributed by atoms with Crippen molar-refractivity contribution in [2.45, 2.75) is 27.7 Å². The molecule has 1 heterocycles. The fourth-order valence-corrected chi connectivity index (χ4v) is 2.75. The number of carbonyl (C=O) groups is 1. The van der Waals surface area contributed by atoms with Crippen LogP contribution in [0.1, 0.15) is 36.7 Å². The van der Waals surface area contributed by atoms with Crippen molar-refractivity contribution in [1.82, 2.24) is 4.98 Å². The van der Waals surface area contributed by atoms with Gasteiger partial charge in [-0.05, 0) is 63.1 Å². The van der Waals surface area contributed by atoms with Crippen molar-refractivity contribution in [3.8, 4) is 0 Å². The van der Waals surface area contributed by atoms with Crippen molar-refractivity contribution in [3.63, 3.8) is 0 Å². The van der Waals surface area contributed by atoms with E-state index in [0.717, 1.165) is 22.2 Å². The molecule has 3 heteroatoms. The summed E-state index contributed by atoms with van der Waals surface area (Å²) < 4.78 is 0. The number of Topliss-reactive ketones (excluding diaryl/α,β-unsaturated/α-hetero) is 1. The number of benzene rings is 2. The molecule has 3 aromatic rings. The van der Waals surface area contributed by atoms with Gasteiger partial charge in [0.25, 0.3) is 0 Å². The number of aromatic nitrogens is 1. The lowest BCUT2D eigenvalue weighted by atomic mass is 9.95. The highest BCUT2D eigenvalue weighted by Crippen LogP contribution is 2.22. The van der Waals surface area contributed by atoms with E-state index in [1.165, 1.54) is 0 Å². The predicted molar refractivity (Wildman–Crippen MR) is 95.2 cm³/mol. The van der Waals surface area contributed by atoms with E-state index >= 15 is 0 Å². The zero-order chi connectivity index (χ0) is 16.7. The lowest BCUT2D eigenvalue weighted by Crippen LogP contribution is -2.09. The summed E-state index contributed by atoms with van der Waals surface area (Å²) in [4.78, 5) is 28.6. The zero-order valence-electron chi connectivity index (χ0n) is 13.8. The highest BCUT2D eigenvalue weighted by Gasteiger charge is 2.15. The van der Waals surface area contributed by atoms with Gasteiger partial charge in [0, 0.05) is 21.9 Å². The molecule has 116 valence electrons. The molecule has 2 aromatic carbocycles. The van der Waals surface area contributed by atoms with Crippen LogP contribution >= 0.6 is 0 Å². The summed E-state index contributed by atoms with van der Waals surface area (Å²) in [6.07, 6.45) is 0. The van der Waals surface area contributed by atoms with Gasteiger partial charge in [0.2, 0.25) is 0 Å². The first-order chi connectivity index (χ1) is 10.9. The second kappa shape index (κ2) is 5.51. The predicted octanol–water partition coefficient (Wildman–Crippen LogP) is 4.53. The van der Waals surface area contributed by atoms with Crippen LogP contribution in [0.15, 0.2) is 52.3 Å². The zero-order valence-corrected chi connectivity index (χ0v) is 13.8.